The Kier molecular flexibility index (Phi) is 4.42. The van der Waals surface area contributed by atoms with E-state index in [0.717, 1.165) is 13.1 Å². The Morgan fingerprint density at radius 2 is 1.65 bits per heavy atom. The number of hydrogen-bond donors (Lipinski definition) is 0. The molecule has 0 spiro atoms. The number of rotatable bonds is 2. The largest absolute Gasteiger partial charge is 0.427 e. The van der Waals surface area contributed by atoms with Crippen molar-refractivity contribution in [1.29, 1.82) is 0 Å². The molecule has 0 N–H and O–H groups in total. The summed E-state index contributed by atoms with van der Waals surface area (Å²) in [6, 6.07) is 6.74. The highest BCUT2D eigenvalue weighted by molar-refractivity contribution is 5.94. The number of nitrogens with zero attached hydrogens (tertiary/aromatic N) is 1. The fraction of sp³-hybridized carbons (Fsp3) is 0.500. The van der Waals surface area contributed by atoms with Gasteiger partial charge in [0.25, 0.3) is 5.91 Å². The summed E-state index contributed by atoms with van der Waals surface area (Å²) in [5.74, 6) is 1.25. The molecule has 4 heteroatoms. The van der Waals surface area contributed by atoms with Gasteiger partial charge in [0.1, 0.15) is 5.75 Å². The molecule has 4 nitrogen and oxygen atoms in total. The lowest BCUT2D eigenvalue weighted by molar-refractivity contribution is -0.131. The zero-order valence-corrected chi connectivity index (χ0v) is 12.3. The summed E-state index contributed by atoms with van der Waals surface area (Å²) < 4.78 is 4.96. The lowest BCUT2D eigenvalue weighted by atomic mass is 9.91. The molecular weight excluding hydrogens is 254 g/mol. The van der Waals surface area contributed by atoms with Crippen molar-refractivity contribution in [3.63, 3.8) is 0 Å². The monoisotopic (exact) mass is 275 g/mol. The van der Waals surface area contributed by atoms with Crippen molar-refractivity contribution in [3.05, 3.63) is 29.8 Å². The quantitative estimate of drug-likeness (QED) is 0.616. The maximum absolute atomic E-state index is 12.4. The predicted octanol–water partition coefficient (Wildman–Crippen LogP) is 2.73. The van der Waals surface area contributed by atoms with Crippen LogP contribution < -0.4 is 4.74 Å². The van der Waals surface area contributed by atoms with Gasteiger partial charge in [0.05, 0.1) is 0 Å². The van der Waals surface area contributed by atoms with E-state index in [1.165, 1.54) is 13.3 Å². The van der Waals surface area contributed by atoms with E-state index < -0.39 is 0 Å². The van der Waals surface area contributed by atoms with Crippen molar-refractivity contribution >= 4 is 11.9 Å². The first-order valence-electron chi connectivity index (χ1n) is 7.03. The molecule has 20 heavy (non-hydrogen) atoms. The summed E-state index contributed by atoms with van der Waals surface area (Å²) in [6.45, 7) is 7.35. The van der Waals surface area contributed by atoms with Gasteiger partial charge in [-0.15, -0.1) is 0 Å². The van der Waals surface area contributed by atoms with Gasteiger partial charge in [-0.2, -0.15) is 0 Å². The minimum Gasteiger partial charge on any atom is -0.427 e. The Balaban J connectivity index is 2.07. The lowest BCUT2D eigenvalue weighted by Gasteiger charge is -2.35. The zero-order valence-electron chi connectivity index (χ0n) is 12.3. The highest BCUT2D eigenvalue weighted by Gasteiger charge is 2.26. The summed E-state index contributed by atoms with van der Waals surface area (Å²) in [5.41, 5.74) is 0.641. The molecular formula is C16H21NO3. The molecule has 1 aromatic rings. The van der Waals surface area contributed by atoms with E-state index in [0.29, 0.717) is 23.1 Å². The molecule has 1 saturated heterocycles. The van der Waals surface area contributed by atoms with E-state index >= 15 is 0 Å². The first-order valence-corrected chi connectivity index (χ1v) is 7.03. The van der Waals surface area contributed by atoms with E-state index in [9.17, 15) is 9.59 Å². The van der Waals surface area contributed by atoms with Gasteiger partial charge in [-0.3, -0.25) is 9.59 Å². The van der Waals surface area contributed by atoms with Crippen LogP contribution in [0.1, 0.15) is 37.6 Å². The maximum Gasteiger partial charge on any atom is 0.308 e. The number of benzene rings is 1. The number of hydrogen-bond acceptors (Lipinski definition) is 3. The van der Waals surface area contributed by atoms with Crippen LogP contribution in [0.25, 0.3) is 0 Å². The van der Waals surface area contributed by atoms with Gasteiger partial charge >= 0.3 is 5.97 Å². The topological polar surface area (TPSA) is 46.6 Å². The summed E-state index contributed by atoms with van der Waals surface area (Å²) in [7, 11) is 0. The van der Waals surface area contributed by atoms with Crippen molar-refractivity contribution in [2.75, 3.05) is 13.1 Å². The molecule has 0 unspecified atom stereocenters. The predicted molar refractivity (Wildman–Crippen MR) is 76.6 cm³/mol. The molecule has 2 atom stereocenters. The molecule has 1 amide bonds. The number of piperidine rings is 1. The molecule has 1 aromatic carbocycles. The number of amides is 1. The molecule has 0 radical (unpaired) electrons. The number of carbonyl (C=O) groups excluding carboxylic acids is 2. The van der Waals surface area contributed by atoms with Gasteiger partial charge in [-0.25, -0.2) is 0 Å². The number of likely N-dealkylation sites (tertiary alicyclic amines) is 1. The Hall–Kier alpha value is -1.84. The van der Waals surface area contributed by atoms with Crippen molar-refractivity contribution in [3.8, 4) is 5.75 Å². The van der Waals surface area contributed by atoms with Crippen molar-refractivity contribution in [2.45, 2.75) is 27.2 Å². The van der Waals surface area contributed by atoms with Crippen LogP contribution in [0, 0.1) is 11.8 Å². The number of esters is 1. The molecule has 2 rings (SSSR count). The molecule has 1 fully saturated rings. The summed E-state index contributed by atoms with van der Waals surface area (Å²) >= 11 is 0. The molecule has 1 aliphatic heterocycles. The molecule has 0 aliphatic carbocycles. The summed E-state index contributed by atoms with van der Waals surface area (Å²) in [4.78, 5) is 25.2. The van der Waals surface area contributed by atoms with Gasteiger partial charge < -0.3 is 9.64 Å². The van der Waals surface area contributed by atoms with E-state index in [2.05, 4.69) is 13.8 Å². The van der Waals surface area contributed by atoms with Crippen LogP contribution in [0.4, 0.5) is 0 Å². The number of carbonyl (C=O) groups is 2. The van der Waals surface area contributed by atoms with E-state index in [1.54, 1.807) is 24.3 Å². The van der Waals surface area contributed by atoms with Crippen LogP contribution in [0.2, 0.25) is 0 Å². The summed E-state index contributed by atoms with van der Waals surface area (Å²) in [6.07, 6.45) is 1.18. The van der Waals surface area contributed by atoms with E-state index in [1.807, 2.05) is 4.90 Å². The number of ether oxygens (including phenoxy) is 1. The van der Waals surface area contributed by atoms with Gasteiger partial charge in [0, 0.05) is 25.6 Å². The fourth-order valence-electron chi connectivity index (χ4n) is 2.84. The van der Waals surface area contributed by atoms with Gasteiger partial charge in [-0.1, -0.05) is 13.8 Å². The van der Waals surface area contributed by atoms with Crippen LogP contribution >= 0.6 is 0 Å². The Morgan fingerprint density at radius 1 is 1.10 bits per heavy atom. The van der Waals surface area contributed by atoms with E-state index in [-0.39, 0.29) is 11.9 Å². The zero-order chi connectivity index (χ0) is 14.7. The second-order valence-electron chi connectivity index (χ2n) is 5.77. The van der Waals surface area contributed by atoms with Crippen LogP contribution in [-0.2, 0) is 4.79 Å². The third-order valence-corrected chi connectivity index (χ3v) is 3.52. The van der Waals surface area contributed by atoms with Gasteiger partial charge in [0.15, 0.2) is 0 Å². The molecule has 0 bridgehead atoms. The first kappa shape index (κ1) is 14.6. The maximum atomic E-state index is 12.4. The fourth-order valence-corrected chi connectivity index (χ4v) is 2.84. The Bertz CT molecular complexity index is 485. The SMILES string of the molecule is CC(=O)Oc1ccc(C(=O)N2C[C@@H](C)C[C@H](C)C2)cc1. The van der Waals surface area contributed by atoms with Crippen LogP contribution in [0.3, 0.4) is 0 Å². The van der Waals surface area contributed by atoms with Gasteiger partial charge in [-0.05, 0) is 42.5 Å². The van der Waals surface area contributed by atoms with Crippen molar-refractivity contribution < 1.29 is 14.3 Å². The highest BCUT2D eigenvalue weighted by atomic mass is 16.5. The van der Waals surface area contributed by atoms with Crippen LogP contribution in [0.5, 0.6) is 5.75 Å². The molecule has 0 aromatic heterocycles. The Labute approximate surface area is 119 Å². The van der Waals surface area contributed by atoms with Crippen molar-refractivity contribution in [2.24, 2.45) is 11.8 Å². The smallest absolute Gasteiger partial charge is 0.308 e. The van der Waals surface area contributed by atoms with Gasteiger partial charge in [0.2, 0.25) is 0 Å². The molecule has 108 valence electrons. The lowest BCUT2D eigenvalue weighted by Crippen LogP contribution is -2.42. The normalized spacial score (nSPS) is 22.4. The molecule has 0 saturated carbocycles. The second kappa shape index (κ2) is 6.07. The van der Waals surface area contributed by atoms with Crippen molar-refractivity contribution in [1.82, 2.24) is 4.90 Å². The average molecular weight is 275 g/mol. The van der Waals surface area contributed by atoms with Crippen LogP contribution in [-0.4, -0.2) is 29.9 Å². The van der Waals surface area contributed by atoms with E-state index in [4.69, 9.17) is 4.74 Å². The minimum absolute atomic E-state index is 0.0535. The third kappa shape index (κ3) is 3.59. The summed E-state index contributed by atoms with van der Waals surface area (Å²) in [5, 5.41) is 0. The Morgan fingerprint density at radius 3 is 2.15 bits per heavy atom. The van der Waals surface area contributed by atoms with Crippen LogP contribution in [0.15, 0.2) is 24.3 Å². The molecule has 1 aliphatic rings. The minimum atomic E-state index is -0.359. The second-order valence-corrected chi connectivity index (χ2v) is 5.77. The molecule has 1 heterocycles. The first-order chi connectivity index (χ1) is 9.45. The average Bonchev–Trinajstić information content (AvgIpc) is 2.37. The highest BCUT2D eigenvalue weighted by Crippen LogP contribution is 2.23. The third-order valence-electron chi connectivity index (χ3n) is 3.52. The standard InChI is InChI=1S/C16H21NO3/c1-11-8-12(2)10-17(9-11)16(19)14-4-6-15(7-5-14)20-13(3)18/h4-7,11-12H,8-10H2,1-3H3/t11-,12-/m0/s1.